The molecule has 0 aliphatic heterocycles. The minimum absolute atomic E-state index is 0.137. The fraction of sp³-hybridized carbons (Fsp3) is 0.300. The van der Waals surface area contributed by atoms with Crippen molar-refractivity contribution in [2.75, 3.05) is 13.2 Å². The van der Waals surface area contributed by atoms with Crippen molar-refractivity contribution in [2.45, 2.75) is 6.92 Å². The fourth-order valence-corrected chi connectivity index (χ4v) is 2.88. The molecule has 0 bridgehead atoms. The summed E-state index contributed by atoms with van der Waals surface area (Å²) >= 11 is 0. The van der Waals surface area contributed by atoms with Gasteiger partial charge in [-0.3, -0.25) is 9.32 Å². The van der Waals surface area contributed by atoms with Gasteiger partial charge in [0, 0.05) is 12.1 Å². The Morgan fingerprint density at radius 2 is 1.76 bits per heavy atom. The first-order valence-corrected chi connectivity index (χ1v) is 8.71. The van der Waals surface area contributed by atoms with Gasteiger partial charge in [0.15, 0.2) is 0 Å². The average molecular weight is 339 g/mol. The van der Waals surface area contributed by atoms with Crippen molar-refractivity contribution in [2.24, 2.45) is 0 Å². The van der Waals surface area contributed by atoms with Crippen molar-refractivity contribution >= 4 is 21.6 Å². The van der Waals surface area contributed by atoms with Gasteiger partial charge in [0.1, 0.15) is 0 Å². The molecule has 0 aliphatic rings. The Bertz CT molecular complexity index is 581. The maximum Gasteiger partial charge on any atom is 0.481 e. The summed E-state index contributed by atoms with van der Waals surface area (Å²) in [6, 6.07) is 6.72. The van der Waals surface area contributed by atoms with Gasteiger partial charge >= 0.3 is 15.6 Å². The summed E-state index contributed by atoms with van der Waals surface area (Å²) < 4.78 is 29.3. The zero-order chi connectivity index (χ0) is 16.1. The molecule has 0 radical (unpaired) electrons. The van der Waals surface area contributed by atoms with Gasteiger partial charge in [-0.05, 0) is 19.1 Å². The van der Waals surface area contributed by atoms with E-state index < -0.39 is 28.2 Å². The van der Waals surface area contributed by atoms with Crippen molar-refractivity contribution in [1.82, 2.24) is 5.32 Å². The number of amides is 1. The molecule has 0 saturated heterocycles. The average Bonchev–Trinajstić information content (AvgIpc) is 2.32. The normalized spacial score (nSPS) is 14.5. The molecule has 21 heavy (non-hydrogen) atoms. The Kier molecular flexibility index (Phi) is 6.24. The Morgan fingerprint density at radius 3 is 2.29 bits per heavy atom. The molecule has 0 heterocycles. The molecule has 1 atom stereocenters. The molecule has 1 amide bonds. The van der Waals surface area contributed by atoms with E-state index in [4.69, 9.17) is 14.7 Å². The van der Waals surface area contributed by atoms with Crippen LogP contribution in [0.1, 0.15) is 15.9 Å². The van der Waals surface area contributed by atoms with Crippen molar-refractivity contribution in [3.8, 4) is 0 Å². The summed E-state index contributed by atoms with van der Waals surface area (Å²) in [7, 11) is -10.00. The summed E-state index contributed by atoms with van der Waals surface area (Å²) in [4.78, 5) is 37.4. The number of benzene rings is 1. The molecule has 0 spiro atoms. The maximum atomic E-state index is 11.7. The first-order valence-electron chi connectivity index (χ1n) is 5.68. The first-order chi connectivity index (χ1) is 9.59. The van der Waals surface area contributed by atoms with Crippen LogP contribution < -0.4 is 5.32 Å². The first kappa shape index (κ1) is 18.0. The quantitative estimate of drug-likeness (QED) is 0.425. The van der Waals surface area contributed by atoms with Gasteiger partial charge in [-0.1, -0.05) is 17.7 Å². The molecule has 1 aromatic carbocycles. The van der Waals surface area contributed by atoms with Gasteiger partial charge in [0.05, 0.1) is 6.61 Å². The molecule has 4 N–H and O–H groups in total. The van der Waals surface area contributed by atoms with Gasteiger partial charge in [0.2, 0.25) is 0 Å². The van der Waals surface area contributed by atoms with Crippen LogP contribution in [0.25, 0.3) is 0 Å². The highest BCUT2D eigenvalue weighted by molar-refractivity contribution is 7.60. The van der Waals surface area contributed by atoms with Crippen molar-refractivity contribution in [3.63, 3.8) is 0 Å². The molecule has 1 rings (SSSR count). The number of hydrogen-bond donors (Lipinski definition) is 4. The van der Waals surface area contributed by atoms with Crippen molar-refractivity contribution in [1.29, 1.82) is 0 Å². The number of aryl methyl sites for hydroxylation is 1. The van der Waals surface area contributed by atoms with Crippen LogP contribution in [0.5, 0.6) is 0 Å². The van der Waals surface area contributed by atoms with Crippen LogP contribution in [-0.2, 0) is 18.0 Å². The zero-order valence-corrected chi connectivity index (χ0v) is 12.8. The SMILES string of the molecule is Cc1ccc(C(=O)NCCOP(=O)(O)OP(=O)(O)O)cc1. The number of carbonyl (C=O) groups excluding carboxylic acids is 1. The minimum atomic E-state index is -5.13. The second-order valence-corrected chi connectivity index (χ2v) is 6.83. The van der Waals surface area contributed by atoms with Gasteiger partial charge in [-0.2, -0.15) is 4.31 Å². The van der Waals surface area contributed by atoms with Gasteiger partial charge in [-0.15, -0.1) is 0 Å². The standard InChI is InChI=1S/C10H15NO8P2/c1-8-2-4-9(5-3-8)10(12)11-6-7-18-21(16,17)19-20(13,14)15/h2-5H,6-7H2,1H3,(H,11,12)(H,16,17)(H2,13,14,15). The molecule has 118 valence electrons. The van der Waals surface area contributed by atoms with Gasteiger partial charge < -0.3 is 20.0 Å². The smallest absolute Gasteiger partial charge is 0.350 e. The molecule has 0 fully saturated rings. The van der Waals surface area contributed by atoms with E-state index in [1.165, 1.54) is 0 Å². The lowest BCUT2D eigenvalue weighted by atomic mass is 10.1. The highest BCUT2D eigenvalue weighted by Gasteiger charge is 2.32. The van der Waals surface area contributed by atoms with Gasteiger partial charge in [0.25, 0.3) is 5.91 Å². The Balaban J connectivity index is 2.37. The topological polar surface area (TPSA) is 142 Å². The summed E-state index contributed by atoms with van der Waals surface area (Å²) in [5.41, 5.74) is 1.39. The summed E-state index contributed by atoms with van der Waals surface area (Å²) in [5.74, 6) is -0.415. The second-order valence-electron chi connectivity index (χ2n) is 4.00. The number of hydrogen-bond acceptors (Lipinski definition) is 5. The lowest BCUT2D eigenvalue weighted by Gasteiger charge is -2.12. The van der Waals surface area contributed by atoms with E-state index in [-0.39, 0.29) is 6.54 Å². The third kappa shape index (κ3) is 7.50. The lowest BCUT2D eigenvalue weighted by molar-refractivity contribution is 0.0940. The van der Waals surface area contributed by atoms with E-state index in [0.717, 1.165) is 5.56 Å². The zero-order valence-electron chi connectivity index (χ0n) is 11.0. The molecule has 11 heteroatoms. The summed E-state index contributed by atoms with van der Waals surface area (Å²) in [5, 5.41) is 2.41. The number of carbonyl (C=O) groups is 1. The Morgan fingerprint density at radius 1 is 1.19 bits per heavy atom. The molecule has 1 unspecified atom stereocenters. The number of nitrogens with one attached hydrogen (secondary N) is 1. The Labute approximate surface area is 120 Å². The van der Waals surface area contributed by atoms with Crippen molar-refractivity contribution in [3.05, 3.63) is 35.4 Å². The number of phosphoric ester groups is 1. The maximum absolute atomic E-state index is 11.7. The van der Waals surface area contributed by atoms with Crippen LogP contribution in [0.4, 0.5) is 0 Å². The minimum Gasteiger partial charge on any atom is -0.350 e. The molecule has 0 saturated carbocycles. The van der Waals surface area contributed by atoms with E-state index in [1.807, 2.05) is 6.92 Å². The molecular weight excluding hydrogens is 324 g/mol. The number of rotatable bonds is 7. The summed E-state index contributed by atoms with van der Waals surface area (Å²) in [6.45, 7) is 1.28. The van der Waals surface area contributed by atoms with Crippen LogP contribution in [0, 0.1) is 6.92 Å². The van der Waals surface area contributed by atoms with Crippen LogP contribution in [0.15, 0.2) is 24.3 Å². The predicted molar refractivity (Wildman–Crippen MR) is 72.4 cm³/mol. The van der Waals surface area contributed by atoms with Crippen LogP contribution in [0.2, 0.25) is 0 Å². The fourth-order valence-electron chi connectivity index (χ4n) is 1.29. The molecular formula is C10H15NO8P2. The molecule has 9 nitrogen and oxygen atoms in total. The van der Waals surface area contributed by atoms with E-state index in [9.17, 15) is 13.9 Å². The predicted octanol–water partition coefficient (Wildman–Crippen LogP) is 0.951. The third-order valence-corrected chi connectivity index (χ3v) is 4.35. The van der Waals surface area contributed by atoms with E-state index in [0.29, 0.717) is 5.56 Å². The number of phosphoric acid groups is 2. The molecule has 1 aromatic rings. The van der Waals surface area contributed by atoms with Gasteiger partial charge in [-0.25, -0.2) is 9.13 Å². The summed E-state index contributed by atoms with van der Waals surface area (Å²) in [6.07, 6.45) is 0. The third-order valence-electron chi connectivity index (χ3n) is 2.17. The van der Waals surface area contributed by atoms with E-state index in [1.54, 1.807) is 24.3 Å². The molecule has 0 aromatic heterocycles. The Hall–Kier alpha value is -1.05. The monoisotopic (exact) mass is 339 g/mol. The molecule has 0 aliphatic carbocycles. The van der Waals surface area contributed by atoms with E-state index in [2.05, 4.69) is 14.2 Å². The van der Waals surface area contributed by atoms with E-state index >= 15 is 0 Å². The van der Waals surface area contributed by atoms with Crippen molar-refractivity contribution < 1.29 is 37.4 Å². The van der Waals surface area contributed by atoms with Crippen LogP contribution >= 0.6 is 15.6 Å². The van der Waals surface area contributed by atoms with Crippen LogP contribution in [0.3, 0.4) is 0 Å². The van der Waals surface area contributed by atoms with Crippen LogP contribution in [-0.4, -0.2) is 33.7 Å². The largest absolute Gasteiger partial charge is 0.481 e. The lowest BCUT2D eigenvalue weighted by Crippen LogP contribution is -2.27. The highest BCUT2D eigenvalue weighted by Crippen LogP contribution is 2.57. The highest BCUT2D eigenvalue weighted by atomic mass is 31.3. The second kappa shape index (κ2) is 7.29.